The van der Waals surface area contributed by atoms with E-state index >= 15 is 0 Å². The van der Waals surface area contributed by atoms with E-state index in [1.807, 2.05) is 41.9 Å². The van der Waals surface area contributed by atoms with Gasteiger partial charge in [0.2, 0.25) is 5.95 Å². The summed E-state index contributed by atoms with van der Waals surface area (Å²) in [6.45, 7) is 0. The van der Waals surface area contributed by atoms with Gasteiger partial charge in [-0.3, -0.25) is 0 Å². The van der Waals surface area contributed by atoms with Crippen LogP contribution in [-0.2, 0) is 7.05 Å². The fourth-order valence-electron chi connectivity index (χ4n) is 2.00. The van der Waals surface area contributed by atoms with Crippen molar-refractivity contribution in [2.75, 3.05) is 5.32 Å². The number of benzene rings is 2. The predicted molar refractivity (Wildman–Crippen MR) is 79.8 cm³/mol. The quantitative estimate of drug-likeness (QED) is 0.756. The molecule has 0 saturated heterocycles. The molecule has 4 nitrogen and oxygen atoms in total. The van der Waals surface area contributed by atoms with Crippen LogP contribution in [0.25, 0.3) is 11.0 Å². The van der Waals surface area contributed by atoms with Crippen LogP contribution in [0.15, 0.2) is 46.9 Å². The highest BCUT2D eigenvalue weighted by Gasteiger charge is 2.08. The average molecular weight is 318 g/mol. The highest BCUT2D eigenvalue weighted by Crippen LogP contribution is 2.25. The molecule has 0 bridgehead atoms. The summed E-state index contributed by atoms with van der Waals surface area (Å²) in [4.78, 5) is 4.47. The van der Waals surface area contributed by atoms with Gasteiger partial charge in [0.05, 0.1) is 11.0 Å². The fourth-order valence-corrected chi connectivity index (χ4v) is 2.39. The average Bonchev–Trinajstić information content (AvgIpc) is 2.66. The van der Waals surface area contributed by atoms with Crippen LogP contribution in [0.3, 0.4) is 0 Å². The highest BCUT2D eigenvalue weighted by molar-refractivity contribution is 9.10. The van der Waals surface area contributed by atoms with E-state index in [2.05, 4.69) is 26.2 Å². The van der Waals surface area contributed by atoms with Crippen LogP contribution in [-0.4, -0.2) is 14.7 Å². The minimum absolute atomic E-state index is 0.222. The molecular weight excluding hydrogens is 306 g/mol. The summed E-state index contributed by atoms with van der Waals surface area (Å²) in [7, 11) is 1.94. The fraction of sp³-hybridized carbons (Fsp3) is 0.0714. The number of imidazole rings is 1. The van der Waals surface area contributed by atoms with Crippen molar-refractivity contribution in [3.8, 4) is 5.75 Å². The summed E-state index contributed by atoms with van der Waals surface area (Å²) in [6.07, 6.45) is 0. The molecule has 5 heteroatoms. The Balaban J connectivity index is 2.03. The Morgan fingerprint density at radius 3 is 2.84 bits per heavy atom. The lowest BCUT2D eigenvalue weighted by atomic mass is 10.3. The minimum atomic E-state index is 0.222. The summed E-state index contributed by atoms with van der Waals surface area (Å²) in [5.74, 6) is 0.957. The SMILES string of the molecule is Cn1c(Nc2cccc(Br)c2)nc2cc(O)ccc21. The number of nitrogens with zero attached hydrogens (tertiary/aromatic N) is 2. The Hall–Kier alpha value is -2.01. The summed E-state index contributed by atoms with van der Waals surface area (Å²) >= 11 is 3.44. The molecule has 2 aromatic carbocycles. The minimum Gasteiger partial charge on any atom is -0.508 e. The number of hydrogen-bond acceptors (Lipinski definition) is 3. The Morgan fingerprint density at radius 2 is 2.05 bits per heavy atom. The zero-order valence-corrected chi connectivity index (χ0v) is 11.8. The van der Waals surface area contributed by atoms with Crippen molar-refractivity contribution >= 4 is 38.6 Å². The van der Waals surface area contributed by atoms with E-state index in [0.29, 0.717) is 0 Å². The molecule has 0 spiro atoms. The molecule has 0 aliphatic heterocycles. The first-order valence-electron chi connectivity index (χ1n) is 5.81. The lowest BCUT2D eigenvalue weighted by molar-refractivity contribution is 0.476. The number of halogens is 1. The number of aryl methyl sites for hydroxylation is 1. The molecule has 0 radical (unpaired) electrons. The third-order valence-corrected chi connectivity index (χ3v) is 3.44. The number of aromatic hydroxyl groups is 1. The van der Waals surface area contributed by atoms with Gasteiger partial charge >= 0.3 is 0 Å². The molecule has 3 aromatic rings. The first kappa shape index (κ1) is 12.0. The molecular formula is C14H12BrN3O. The number of nitrogens with one attached hydrogen (secondary N) is 1. The van der Waals surface area contributed by atoms with Crippen LogP contribution in [0.5, 0.6) is 5.75 Å². The van der Waals surface area contributed by atoms with Crippen molar-refractivity contribution in [2.24, 2.45) is 7.05 Å². The maximum Gasteiger partial charge on any atom is 0.208 e. The predicted octanol–water partition coefficient (Wildman–Crippen LogP) is 3.79. The number of phenolic OH excluding ortho intramolecular Hbond substituents is 1. The third kappa shape index (κ3) is 2.29. The van der Waals surface area contributed by atoms with E-state index in [4.69, 9.17) is 0 Å². The summed E-state index contributed by atoms with van der Waals surface area (Å²) in [5.41, 5.74) is 2.69. The van der Waals surface area contributed by atoms with E-state index in [0.717, 1.165) is 27.1 Å². The highest BCUT2D eigenvalue weighted by atomic mass is 79.9. The second-order valence-corrected chi connectivity index (χ2v) is 5.22. The smallest absolute Gasteiger partial charge is 0.208 e. The van der Waals surface area contributed by atoms with E-state index < -0.39 is 0 Å². The maximum atomic E-state index is 9.48. The Bertz CT molecular complexity index is 752. The van der Waals surface area contributed by atoms with Gasteiger partial charge < -0.3 is 15.0 Å². The van der Waals surface area contributed by atoms with E-state index in [1.165, 1.54) is 0 Å². The normalized spacial score (nSPS) is 10.8. The van der Waals surface area contributed by atoms with Gasteiger partial charge in [0.15, 0.2) is 0 Å². The second kappa shape index (κ2) is 4.59. The van der Waals surface area contributed by atoms with Gasteiger partial charge in [-0.25, -0.2) is 4.98 Å². The lowest BCUT2D eigenvalue weighted by Crippen LogP contribution is -1.98. The van der Waals surface area contributed by atoms with E-state index in [-0.39, 0.29) is 5.75 Å². The number of hydrogen-bond donors (Lipinski definition) is 2. The van der Waals surface area contributed by atoms with Crippen LogP contribution in [0, 0.1) is 0 Å². The number of anilines is 2. The lowest BCUT2D eigenvalue weighted by Gasteiger charge is -2.06. The van der Waals surface area contributed by atoms with Crippen LogP contribution >= 0.6 is 15.9 Å². The second-order valence-electron chi connectivity index (χ2n) is 4.30. The van der Waals surface area contributed by atoms with Crippen molar-refractivity contribution < 1.29 is 5.11 Å². The number of fused-ring (bicyclic) bond motifs is 1. The van der Waals surface area contributed by atoms with Crippen molar-refractivity contribution in [1.29, 1.82) is 0 Å². The van der Waals surface area contributed by atoms with Gasteiger partial charge in [-0.1, -0.05) is 22.0 Å². The van der Waals surface area contributed by atoms with Gasteiger partial charge in [-0.2, -0.15) is 0 Å². The molecule has 0 fully saturated rings. The van der Waals surface area contributed by atoms with Crippen molar-refractivity contribution in [3.63, 3.8) is 0 Å². The topological polar surface area (TPSA) is 50.1 Å². The van der Waals surface area contributed by atoms with E-state index in [9.17, 15) is 5.11 Å². The summed E-state index contributed by atoms with van der Waals surface area (Å²) in [5, 5.41) is 12.7. The van der Waals surface area contributed by atoms with Crippen LogP contribution in [0.2, 0.25) is 0 Å². The Kier molecular flexibility index (Phi) is 2.91. The zero-order chi connectivity index (χ0) is 13.4. The molecule has 1 aromatic heterocycles. The largest absolute Gasteiger partial charge is 0.508 e. The summed E-state index contributed by atoms with van der Waals surface area (Å²) in [6, 6.07) is 13.1. The van der Waals surface area contributed by atoms with E-state index in [1.54, 1.807) is 12.1 Å². The first-order valence-corrected chi connectivity index (χ1v) is 6.61. The molecule has 0 atom stereocenters. The molecule has 0 aliphatic carbocycles. The van der Waals surface area contributed by atoms with Crippen LogP contribution in [0.1, 0.15) is 0 Å². The third-order valence-electron chi connectivity index (χ3n) is 2.95. The zero-order valence-electron chi connectivity index (χ0n) is 10.3. The van der Waals surface area contributed by atoms with Crippen molar-refractivity contribution in [3.05, 3.63) is 46.9 Å². The van der Waals surface area contributed by atoms with Gasteiger partial charge in [-0.15, -0.1) is 0 Å². The molecule has 1 heterocycles. The van der Waals surface area contributed by atoms with Crippen molar-refractivity contribution in [2.45, 2.75) is 0 Å². The Labute approximate surface area is 118 Å². The molecule has 0 unspecified atom stereocenters. The number of aromatic nitrogens is 2. The molecule has 19 heavy (non-hydrogen) atoms. The Morgan fingerprint density at radius 1 is 1.21 bits per heavy atom. The van der Waals surface area contributed by atoms with Crippen molar-refractivity contribution in [1.82, 2.24) is 9.55 Å². The molecule has 0 amide bonds. The molecule has 0 aliphatic rings. The monoisotopic (exact) mass is 317 g/mol. The standard InChI is InChI=1S/C14H12BrN3O/c1-18-13-6-5-11(19)8-12(13)17-14(18)16-10-4-2-3-9(15)7-10/h2-8,19H,1H3,(H,16,17). The maximum absolute atomic E-state index is 9.48. The molecule has 96 valence electrons. The number of phenols is 1. The summed E-state index contributed by atoms with van der Waals surface area (Å²) < 4.78 is 2.96. The first-order chi connectivity index (χ1) is 9.13. The van der Waals surface area contributed by atoms with Gasteiger partial charge in [0.25, 0.3) is 0 Å². The van der Waals surface area contributed by atoms with Gasteiger partial charge in [-0.05, 0) is 30.3 Å². The molecule has 3 rings (SSSR count). The number of rotatable bonds is 2. The molecule has 0 saturated carbocycles. The van der Waals surface area contributed by atoms with Crippen LogP contribution < -0.4 is 5.32 Å². The van der Waals surface area contributed by atoms with Gasteiger partial charge in [0.1, 0.15) is 5.75 Å². The molecule has 2 N–H and O–H groups in total. The van der Waals surface area contributed by atoms with Crippen LogP contribution in [0.4, 0.5) is 11.6 Å². The van der Waals surface area contributed by atoms with Gasteiger partial charge in [0, 0.05) is 23.3 Å².